The minimum absolute atomic E-state index is 0.0180. The van der Waals surface area contributed by atoms with Crippen molar-refractivity contribution in [1.29, 1.82) is 0 Å². The van der Waals surface area contributed by atoms with E-state index in [9.17, 15) is 18.0 Å². The van der Waals surface area contributed by atoms with E-state index in [0.29, 0.717) is 11.4 Å². The summed E-state index contributed by atoms with van der Waals surface area (Å²) in [6.45, 7) is 1.81. The number of carboxylic acids is 1. The number of benzene rings is 2. The summed E-state index contributed by atoms with van der Waals surface area (Å²) < 4.78 is 33.8. The van der Waals surface area contributed by atoms with Gasteiger partial charge in [0.1, 0.15) is 11.9 Å². The molecule has 1 unspecified atom stereocenters. The summed E-state index contributed by atoms with van der Waals surface area (Å²) in [4.78, 5) is 25.7. The number of aryl methyl sites for hydroxylation is 1. The van der Waals surface area contributed by atoms with Crippen molar-refractivity contribution in [2.75, 3.05) is 11.6 Å². The highest BCUT2D eigenvalue weighted by atomic mass is 32.2. The molecule has 1 atom stereocenters. The van der Waals surface area contributed by atoms with E-state index >= 15 is 0 Å². The molecule has 206 valence electrons. The third kappa shape index (κ3) is 5.79. The molecule has 5 rings (SSSR count). The zero-order chi connectivity index (χ0) is 28.6. The number of aliphatic carboxylic acids is 1. The number of nitrogens with one attached hydrogen (secondary N) is 1. The first kappa shape index (κ1) is 27.6. The van der Waals surface area contributed by atoms with Gasteiger partial charge < -0.3 is 9.84 Å². The van der Waals surface area contributed by atoms with Gasteiger partial charge in [0.15, 0.2) is 9.84 Å². The number of amides is 1. The second-order valence-corrected chi connectivity index (χ2v) is 13.4. The Bertz CT molecular complexity index is 1810. The van der Waals surface area contributed by atoms with Crippen LogP contribution in [0, 0.1) is 0 Å². The number of sulfone groups is 1. The Labute approximate surface area is 238 Å². The lowest BCUT2D eigenvalue weighted by molar-refractivity contribution is -0.136. The molecule has 0 saturated carbocycles. The predicted molar refractivity (Wildman–Crippen MR) is 157 cm³/mol. The molecule has 0 aliphatic carbocycles. The predicted octanol–water partition coefficient (Wildman–Crippen LogP) is 6.37. The van der Waals surface area contributed by atoms with Gasteiger partial charge in [-0.05, 0) is 41.8 Å². The molecule has 3 heterocycles. The highest BCUT2D eigenvalue weighted by Crippen LogP contribution is 2.43. The molecule has 0 aliphatic heterocycles. The summed E-state index contributed by atoms with van der Waals surface area (Å²) in [7, 11) is -1.88. The molecule has 0 aliphatic rings. The smallest absolute Gasteiger partial charge is 0.413 e. The molecule has 5 aromatic rings. The third-order valence-electron chi connectivity index (χ3n) is 6.28. The number of fused-ring (bicyclic) bond motifs is 1. The number of aromatic nitrogens is 2. The van der Waals surface area contributed by atoms with Crippen molar-refractivity contribution in [3.05, 3.63) is 78.0 Å². The lowest BCUT2D eigenvalue weighted by Crippen LogP contribution is -2.18. The van der Waals surface area contributed by atoms with Crippen LogP contribution >= 0.6 is 22.7 Å². The van der Waals surface area contributed by atoms with Crippen molar-refractivity contribution >= 4 is 59.8 Å². The lowest BCUT2D eigenvalue weighted by Gasteiger charge is -2.14. The summed E-state index contributed by atoms with van der Waals surface area (Å²) in [5.74, 6) is -0.587. The molecule has 2 aromatic carbocycles. The largest absolute Gasteiger partial charge is 0.481 e. The minimum Gasteiger partial charge on any atom is -0.481 e. The highest BCUT2D eigenvalue weighted by Gasteiger charge is 2.21. The fourth-order valence-electron chi connectivity index (χ4n) is 4.32. The zero-order valence-corrected chi connectivity index (χ0v) is 24.2. The number of rotatable bonds is 8. The van der Waals surface area contributed by atoms with Gasteiger partial charge in [0.25, 0.3) is 0 Å². The average molecular weight is 596 g/mol. The fraction of sp³-hybridized carbons (Fsp3) is 0.179. The minimum atomic E-state index is -3.62. The normalized spacial score (nSPS) is 12.4. The Morgan fingerprint density at radius 2 is 1.73 bits per heavy atom. The molecule has 0 saturated heterocycles. The molecular weight excluding hydrogens is 571 g/mol. The molecule has 3 aromatic heterocycles. The first-order valence-electron chi connectivity index (χ1n) is 12.1. The Kier molecular flexibility index (Phi) is 7.49. The van der Waals surface area contributed by atoms with Crippen molar-refractivity contribution in [3.8, 4) is 20.9 Å². The van der Waals surface area contributed by atoms with Crippen molar-refractivity contribution in [2.45, 2.75) is 24.3 Å². The van der Waals surface area contributed by atoms with Crippen LogP contribution in [-0.2, 0) is 32.8 Å². The molecule has 0 bridgehead atoms. The van der Waals surface area contributed by atoms with Gasteiger partial charge in [0.05, 0.1) is 23.1 Å². The summed E-state index contributed by atoms with van der Waals surface area (Å²) >= 11 is 3.02. The number of hydrogen-bond donors (Lipinski definition) is 2. The van der Waals surface area contributed by atoms with Gasteiger partial charge in [-0.2, -0.15) is 5.10 Å². The number of anilines is 1. The van der Waals surface area contributed by atoms with Crippen molar-refractivity contribution in [3.63, 3.8) is 0 Å². The standard InChI is InChI=1S/C28H25N3O6S3/c1-16(17-7-5-4-6-8-17)37-28(34)30-27-20(15-29-31(27)2)22-14-24-23(39-22)13-21(38-24)18-9-10-19(12-26(32)33)25(11-18)40(3,35)36/h4-11,13-16H,12H2,1-3H3,(H,30,34)(H,32,33). The number of carboxylic acid groups (broad SMARTS) is 1. The van der Waals surface area contributed by atoms with Gasteiger partial charge in [0, 0.05) is 32.5 Å². The molecular formula is C28H25N3O6S3. The van der Waals surface area contributed by atoms with E-state index < -0.39 is 28.0 Å². The van der Waals surface area contributed by atoms with E-state index in [2.05, 4.69) is 10.4 Å². The number of nitrogens with zero attached hydrogens (tertiary/aromatic N) is 2. The number of thiophene rings is 2. The van der Waals surface area contributed by atoms with Crippen LogP contribution in [0.25, 0.3) is 30.3 Å². The molecule has 0 radical (unpaired) electrons. The van der Waals surface area contributed by atoms with Crippen molar-refractivity contribution in [2.24, 2.45) is 7.05 Å². The van der Waals surface area contributed by atoms with Crippen LogP contribution in [-0.4, -0.2) is 41.6 Å². The second-order valence-electron chi connectivity index (χ2n) is 9.23. The maximum atomic E-state index is 12.7. The quantitative estimate of drug-likeness (QED) is 0.213. The van der Waals surface area contributed by atoms with Gasteiger partial charge in [-0.15, -0.1) is 22.7 Å². The van der Waals surface area contributed by atoms with Gasteiger partial charge in [-0.1, -0.05) is 42.5 Å². The number of hydrogen-bond acceptors (Lipinski definition) is 8. The Morgan fingerprint density at radius 1 is 1.05 bits per heavy atom. The van der Waals surface area contributed by atoms with Crippen LogP contribution in [0.4, 0.5) is 10.6 Å². The fourth-order valence-corrected chi connectivity index (χ4v) is 7.68. The van der Waals surface area contributed by atoms with Gasteiger partial charge in [-0.25, -0.2) is 13.2 Å². The van der Waals surface area contributed by atoms with Crippen LogP contribution < -0.4 is 5.32 Å². The van der Waals surface area contributed by atoms with Crippen molar-refractivity contribution < 1.29 is 27.9 Å². The van der Waals surface area contributed by atoms with Gasteiger partial charge in [-0.3, -0.25) is 14.8 Å². The molecule has 2 N–H and O–H groups in total. The number of carbonyl (C=O) groups is 2. The monoisotopic (exact) mass is 595 g/mol. The first-order chi connectivity index (χ1) is 19.0. The van der Waals surface area contributed by atoms with E-state index in [1.54, 1.807) is 30.1 Å². The molecule has 0 fully saturated rings. The molecule has 1 amide bonds. The Balaban J connectivity index is 1.39. The van der Waals surface area contributed by atoms with Crippen LogP contribution in [0.1, 0.15) is 24.2 Å². The van der Waals surface area contributed by atoms with Crippen LogP contribution in [0.5, 0.6) is 0 Å². The lowest BCUT2D eigenvalue weighted by atomic mass is 10.1. The second kappa shape index (κ2) is 10.9. The summed E-state index contributed by atoms with van der Waals surface area (Å²) in [6, 6.07) is 18.3. The summed E-state index contributed by atoms with van der Waals surface area (Å²) in [5.41, 5.74) is 2.59. The van der Waals surface area contributed by atoms with Gasteiger partial charge in [0.2, 0.25) is 0 Å². The topological polar surface area (TPSA) is 128 Å². The molecule has 0 spiro atoms. The van der Waals surface area contributed by atoms with Crippen LogP contribution in [0.2, 0.25) is 0 Å². The number of ether oxygens (including phenoxy) is 1. The zero-order valence-electron chi connectivity index (χ0n) is 21.7. The van der Waals surface area contributed by atoms with Crippen LogP contribution in [0.3, 0.4) is 0 Å². The number of carbonyl (C=O) groups excluding carboxylic acids is 1. The Hall–Kier alpha value is -4.00. The van der Waals surface area contributed by atoms with E-state index in [4.69, 9.17) is 9.84 Å². The summed E-state index contributed by atoms with van der Waals surface area (Å²) in [5, 5.41) is 16.3. The van der Waals surface area contributed by atoms with Crippen molar-refractivity contribution in [1.82, 2.24) is 9.78 Å². The summed E-state index contributed by atoms with van der Waals surface area (Å²) in [6.07, 6.45) is 1.38. The third-order valence-corrected chi connectivity index (χ3v) is 9.83. The maximum absolute atomic E-state index is 12.7. The molecule has 12 heteroatoms. The molecule has 9 nitrogen and oxygen atoms in total. The SMILES string of the molecule is CC(OC(=O)Nc1c(-c2cc3sc(-c4ccc(CC(=O)O)c(S(C)(=O)=O)c4)cc3s2)cnn1C)c1ccccc1. The molecule has 40 heavy (non-hydrogen) atoms. The van der Waals surface area contributed by atoms with Crippen LogP contribution in [0.15, 0.2) is 71.8 Å². The Morgan fingerprint density at radius 3 is 2.40 bits per heavy atom. The van der Waals surface area contributed by atoms with E-state index in [-0.39, 0.29) is 16.9 Å². The van der Waals surface area contributed by atoms with Gasteiger partial charge >= 0.3 is 12.1 Å². The maximum Gasteiger partial charge on any atom is 0.413 e. The van der Waals surface area contributed by atoms with E-state index in [1.165, 1.54) is 28.7 Å². The van der Waals surface area contributed by atoms with E-state index in [1.807, 2.05) is 49.4 Å². The first-order valence-corrected chi connectivity index (χ1v) is 15.7. The van der Waals surface area contributed by atoms with E-state index in [0.717, 1.165) is 36.5 Å². The highest BCUT2D eigenvalue weighted by molar-refractivity contribution is 7.90. The average Bonchev–Trinajstić information content (AvgIpc) is 3.57.